The van der Waals surface area contributed by atoms with Crippen molar-refractivity contribution in [2.75, 3.05) is 20.3 Å². The van der Waals surface area contributed by atoms with Gasteiger partial charge in [0.2, 0.25) is 15.9 Å². The molecule has 1 amide bonds. The Hall–Kier alpha value is -3.85. The molecule has 0 aliphatic carbocycles. The summed E-state index contributed by atoms with van der Waals surface area (Å²) in [5.74, 6) is 1.38. The van der Waals surface area contributed by atoms with Crippen molar-refractivity contribution in [2.24, 2.45) is 0 Å². The minimum atomic E-state index is -3.70. The first-order valence-corrected chi connectivity index (χ1v) is 15.6. The summed E-state index contributed by atoms with van der Waals surface area (Å²) in [6.45, 7) is 3.35. The summed E-state index contributed by atoms with van der Waals surface area (Å²) in [4.78, 5) is 15.4. The number of halogens is 1. The number of nitrogens with one attached hydrogen (secondary N) is 1. The molecule has 4 aromatic carbocycles. The lowest BCUT2D eigenvalue weighted by atomic mass is 10.1. The van der Waals surface area contributed by atoms with Crippen LogP contribution in [0.15, 0.2) is 102 Å². The number of carbonyl (C=O) groups is 1. The van der Waals surface area contributed by atoms with Gasteiger partial charge in [-0.05, 0) is 72.5 Å². The first-order valence-electron chi connectivity index (χ1n) is 13.7. The van der Waals surface area contributed by atoms with Crippen LogP contribution < -0.4 is 14.2 Å². The van der Waals surface area contributed by atoms with Crippen LogP contribution in [0.25, 0.3) is 0 Å². The van der Waals surface area contributed by atoms with E-state index in [2.05, 4.69) is 4.72 Å². The highest BCUT2D eigenvalue weighted by Gasteiger charge is 2.18. The fraction of sp³-hybridized carbons (Fsp3) is 0.242. The summed E-state index contributed by atoms with van der Waals surface area (Å²) in [5, 5.41) is 0.571. The van der Waals surface area contributed by atoms with Crippen molar-refractivity contribution in [3.8, 4) is 11.5 Å². The predicted octanol–water partition coefficient (Wildman–Crippen LogP) is 6.04. The molecule has 1 N–H and O–H groups in total. The van der Waals surface area contributed by atoms with Crippen molar-refractivity contribution in [3.63, 3.8) is 0 Å². The third-order valence-corrected chi connectivity index (χ3v) is 8.42. The maximum absolute atomic E-state index is 13.5. The first-order chi connectivity index (χ1) is 20.3. The first kappa shape index (κ1) is 31.1. The molecule has 0 aliphatic heterocycles. The van der Waals surface area contributed by atoms with Crippen LogP contribution in [0.5, 0.6) is 11.5 Å². The molecular weight excluding hydrogens is 572 g/mol. The molecule has 0 saturated heterocycles. The fourth-order valence-electron chi connectivity index (χ4n) is 4.45. The number of hydrogen-bond acceptors (Lipinski definition) is 5. The second-order valence-corrected chi connectivity index (χ2v) is 11.9. The Morgan fingerprint density at radius 1 is 0.881 bits per heavy atom. The molecule has 0 aliphatic rings. The van der Waals surface area contributed by atoms with Gasteiger partial charge in [0.1, 0.15) is 11.5 Å². The quantitative estimate of drug-likeness (QED) is 0.189. The third-order valence-electron chi connectivity index (χ3n) is 6.76. The van der Waals surface area contributed by atoms with E-state index in [0.29, 0.717) is 42.6 Å². The second kappa shape index (κ2) is 14.9. The molecular formula is C33H35ClN2O5S. The highest BCUT2D eigenvalue weighted by Crippen LogP contribution is 2.25. The molecule has 0 fully saturated rings. The average molecular weight is 607 g/mol. The zero-order chi connectivity index (χ0) is 30.0. The zero-order valence-corrected chi connectivity index (χ0v) is 25.3. The topological polar surface area (TPSA) is 84.9 Å². The van der Waals surface area contributed by atoms with Crippen LogP contribution >= 0.6 is 11.6 Å². The van der Waals surface area contributed by atoms with Crippen LogP contribution in [0.4, 0.5) is 0 Å². The van der Waals surface area contributed by atoms with Crippen molar-refractivity contribution in [2.45, 2.75) is 37.8 Å². The van der Waals surface area contributed by atoms with E-state index in [9.17, 15) is 13.2 Å². The highest BCUT2D eigenvalue weighted by molar-refractivity contribution is 7.89. The van der Waals surface area contributed by atoms with E-state index in [1.54, 1.807) is 54.5 Å². The van der Waals surface area contributed by atoms with Gasteiger partial charge in [0.05, 0.1) is 25.0 Å². The summed E-state index contributed by atoms with van der Waals surface area (Å²) >= 11 is 6.29. The van der Waals surface area contributed by atoms with Crippen molar-refractivity contribution >= 4 is 27.5 Å². The Labute approximate surface area is 253 Å². The smallest absolute Gasteiger partial charge is 0.240 e. The molecule has 0 aromatic heterocycles. The van der Waals surface area contributed by atoms with Crippen LogP contribution in [-0.4, -0.2) is 39.5 Å². The Balaban J connectivity index is 1.44. The number of ether oxygens (including phenoxy) is 2. The van der Waals surface area contributed by atoms with E-state index in [0.717, 1.165) is 22.3 Å². The van der Waals surface area contributed by atoms with Gasteiger partial charge in [-0.15, -0.1) is 0 Å². The van der Waals surface area contributed by atoms with E-state index in [-0.39, 0.29) is 23.8 Å². The average Bonchev–Trinajstić information content (AvgIpc) is 3.00. The van der Waals surface area contributed by atoms with Crippen molar-refractivity contribution in [1.29, 1.82) is 0 Å². The Morgan fingerprint density at radius 3 is 2.24 bits per heavy atom. The number of hydrogen-bond donors (Lipinski definition) is 1. The van der Waals surface area contributed by atoms with Gasteiger partial charge in [0, 0.05) is 30.2 Å². The maximum Gasteiger partial charge on any atom is 0.240 e. The molecule has 0 bridgehead atoms. The number of rotatable bonds is 14. The van der Waals surface area contributed by atoms with Gasteiger partial charge in [-0.3, -0.25) is 4.79 Å². The summed E-state index contributed by atoms with van der Waals surface area (Å²) in [6, 6.07) is 29.0. The molecule has 9 heteroatoms. The lowest BCUT2D eigenvalue weighted by molar-refractivity contribution is -0.131. The molecule has 42 heavy (non-hydrogen) atoms. The Morgan fingerprint density at radius 2 is 1.57 bits per heavy atom. The van der Waals surface area contributed by atoms with Crippen LogP contribution in [0, 0.1) is 0 Å². The standard InChI is InChI=1S/C33H35ClN2O5S/c1-3-41-32-18-13-29(34)22-28(32)24-36(33(37)21-26-7-5-4-6-8-26)20-19-25-11-16-31(17-12-25)42(38,39)35-23-27-9-14-30(40-2)15-10-27/h4-18,22,35H,3,19-21,23-24H2,1-2H3. The lowest BCUT2D eigenvalue weighted by Crippen LogP contribution is -2.34. The number of methoxy groups -OCH3 is 1. The lowest BCUT2D eigenvalue weighted by Gasteiger charge is -2.24. The molecule has 220 valence electrons. The largest absolute Gasteiger partial charge is 0.497 e. The third kappa shape index (κ3) is 8.82. The maximum atomic E-state index is 13.5. The van der Waals surface area contributed by atoms with E-state index >= 15 is 0 Å². The zero-order valence-electron chi connectivity index (χ0n) is 23.8. The van der Waals surface area contributed by atoms with E-state index in [1.165, 1.54) is 0 Å². The number of sulfonamides is 1. The molecule has 7 nitrogen and oxygen atoms in total. The summed E-state index contributed by atoms with van der Waals surface area (Å²) in [5.41, 5.74) is 3.50. The van der Waals surface area contributed by atoms with Crippen LogP contribution in [0.3, 0.4) is 0 Å². The molecule has 4 rings (SSSR count). The number of carbonyl (C=O) groups excluding carboxylic acids is 1. The number of amides is 1. The number of benzene rings is 4. The minimum absolute atomic E-state index is 0.0226. The minimum Gasteiger partial charge on any atom is -0.497 e. The molecule has 0 heterocycles. The van der Waals surface area contributed by atoms with E-state index in [1.807, 2.05) is 61.5 Å². The van der Waals surface area contributed by atoms with Crippen molar-refractivity contribution in [3.05, 3.63) is 124 Å². The summed E-state index contributed by atoms with van der Waals surface area (Å²) in [7, 11) is -2.12. The van der Waals surface area contributed by atoms with Gasteiger partial charge >= 0.3 is 0 Å². The van der Waals surface area contributed by atoms with Gasteiger partial charge in [-0.1, -0.05) is 66.2 Å². The van der Waals surface area contributed by atoms with Gasteiger partial charge < -0.3 is 14.4 Å². The predicted molar refractivity (Wildman–Crippen MR) is 165 cm³/mol. The highest BCUT2D eigenvalue weighted by atomic mass is 35.5. The summed E-state index contributed by atoms with van der Waals surface area (Å²) in [6.07, 6.45) is 0.813. The molecule has 0 spiro atoms. The normalized spacial score (nSPS) is 11.2. The SMILES string of the molecule is CCOc1ccc(Cl)cc1CN(CCc1ccc(S(=O)(=O)NCc2ccc(OC)cc2)cc1)C(=O)Cc1ccccc1. The van der Waals surface area contributed by atoms with Crippen molar-refractivity contribution in [1.82, 2.24) is 9.62 Å². The van der Waals surface area contributed by atoms with Crippen LogP contribution in [-0.2, 0) is 40.7 Å². The molecule has 0 saturated carbocycles. The van der Waals surface area contributed by atoms with Gasteiger partial charge in [-0.2, -0.15) is 0 Å². The Bertz CT molecular complexity index is 1560. The van der Waals surface area contributed by atoms with E-state index < -0.39 is 10.0 Å². The van der Waals surface area contributed by atoms with Crippen LogP contribution in [0.2, 0.25) is 5.02 Å². The molecule has 0 unspecified atom stereocenters. The molecule has 4 aromatic rings. The van der Waals surface area contributed by atoms with Crippen molar-refractivity contribution < 1.29 is 22.7 Å². The van der Waals surface area contributed by atoms with Gasteiger partial charge in [-0.25, -0.2) is 13.1 Å². The number of nitrogens with zero attached hydrogens (tertiary/aromatic N) is 1. The monoisotopic (exact) mass is 606 g/mol. The van der Waals surface area contributed by atoms with Gasteiger partial charge in [0.25, 0.3) is 0 Å². The Kier molecular flexibility index (Phi) is 11.0. The second-order valence-electron chi connectivity index (χ2n) is 9.73. The van der Waals surface area contributed by atoms with Crippen LogP contribution in [0.1, 0.15) is 29.2 Å². The van der Waals surface area contributed by atoms with Gasteiger partial charge in [0.15, 0.2) is 0 Å². The fourth-order valence-corrected chi connectivity index (χ4v) is 5.66. The summed E-state index contributed by atoms with van der Waals surface area (Å²) < 4.78 is 39.3. The molecule has 0 radical (unpaired) electrons. The van der Waals surface area contributed by atoms with E-state index in [4.69, 9.17) is 21.1 Å². The molecule has 0 atom stereocenters.